The average Bonchev–Trinajstić information content (AvgIpc) is 3.10. The van der Waals surface area contributed by atoms with Gasteiger partial charge in [-0.05, 0) is 17.7 Å². The van der Waals surface area contributed by atoms with Crippen molar-refractivity contribution in [1.82, 2.24) is 4.98 Å². The van der Waals surface area contributed by atoms with Crippen LogP contribution in [0.25, 0.3) is 10.9 Å². The van der Waals surface area contributed by atoms with Crippen LogP contribution < -0.4 is 4.74 Å². The molecular weight excluding hydrogens is 360 g/mol. The van der Waals surface area contributed by atoms with Crippen LogP contribution in [0.3, 0.4) is 0 Å². The van der Waals surface area contributed by atoms with E-state index in [1.54, 1.807) is 18.3 Å². The van der Waals surface area contributed by atoms with Gasteiger partial charge in [0.1, 0.15) is 30.2 Å². The molecule has 0 spiro atoms. The molecule has 0 saturated carbocycles. The molecule has 148 valence electrons. The first-order valence-corrected chi connectivity index (χ1v) is 8.10. The second-order valence-corrected chi connectivity index (χ2v) is 6.08. The van der Waals surface area contributed by atoms with E-state index in [9.17, 15) is 25.6 Å². The molecule has 27 heavy (non-hydrogen) atoms. The van der Waals surface area contributed by atoms with Crippen molar-refractivity contribution >= 4 is 16.8 Å². The topological polar surface area (TPSA) is 157 Å². The van der Waals surface area contributed by atoms with Crippen LogP contribution in [0.2, 0.25) is 0 Å². The molecule has 0 amide bonds. The second kappa shape index (κ2) is 8.11. The van der Waals surface area contributed by atoms with Crippen molar-refractivity contribution in [1.29, 1.82) is 0 Å². The molecule has 0 bridgehead atoms. The molecule has 1 aliphatic rings. The summed E-state index contributed by atoms with van der Waals surface area (Å²) in [7, 11) is -2.68. The molecule has 1 aliphatic heterocycles. The van der Waals surface area contributed by atoms with Gasteiger partial charge in [0.05, 0.1) is 24.2 Å². The molecule has 0 radical (unpaired) electrons. The number of rotatable bonds is 5. The minimum atomic E-state index is -2.68. The molecule has 2 heterocycles. The number of ether oxygens (including phenoxy) is 3. The summed E-state index contributed by atoms with van der Waals surface area (Å²) >= 11 is 0. The van der Waals surface area contributed by atoms with E-state index >= 15 is 0 Å². The van der Waals surface area contributed by atoms with E-state index in [-0.39, 0.29) is 18.1 Å². The molecule has 1 aromatic heterocycles. The number of oxime groups is 1. The van der Waals surface area contributed by atoms with Crippen molar-refractivity contribution in [3.05, 3.63) is 30.0 Å². The number of nitrogens with zero attached hydrogens (tertiary/aromatic N) is 1. The van der Waals surface area contributed by atoms with Crippen molar-refractivity contribution < 1.29 is 44.0 Å². The van der Waals surface area contributed by atoms with E-state index in [0.717, 1.165) is 0 Å². The van der Waals surface area contributed by atoms with Gasteiger partial charge in [-0.1, -0.05) is 11.2 Å². The van der Waals surface area contributed by atoms with Crippen LogP contribution in [0.5, 0.6) is 5.75 Å². The highest BCUT2D eigenvalue weighted by Gasteiger charge is 2.45. The third-order valence-electron chi connectivity index (χ3n) is 4.41. The van der Waals surface area contributed by atoms with Gasteiger partial charge in [0, 0.05) is 17.1 Å². The Bertz CT molecular complexity index is 901. The fraction of sp³-hybridized carbons (Fsp3) is 0.471. The molecular formula is C17H22N2O8. The van der Waals surface area contributed by atoms with Crippen LogP contribution >= 0.6 is 0 Å². The maximum Gasteiger partial charge on any atom is 0.232 e. The summed E-state index contributed by atoms with van der Waals surface area (Å²) in [5, 5.41) is 51.8. The summed E-state index contributed by atoms with van der Waals surface area (Å²) in [6.45, 7) is -0.644. The number of methoxy groups -OCH3 is 1. The standard InChI is InChI=1S/C17H22N2O8/c1-25-10-4-2-3-9-13(10)8(6-18-9)5-12(19-24)27-17-16(23)15(22)14(21)11(7-20)26-17/h2-4,6,11,14-18,20-24H,5,7H2,1H3/b19-12-/t11-,14-,15+,16-,17+/m1/s1/i1D3. The first-order chi connectivity index (χ1) is 14.1. The van der Waals surface area contributed by atoms with Gasteiger partial charge < -0.3 is 44.8 Å². The van der Waals surface area contributed by atoms with E-state index in [0.29, 0.717) is 16.5 Å². The summed E-state index contributed by atoms with van der Waals surface area (Å²) < 4.78 is 37.6. The Morgan fingerprint density at radius 1 is 1.30 bits per heavy atom. The van der Waals surface area contributed by atoms with Crippen LogP contribution in [0.4, 0.5) is 0 Å². The molecule has 1 aromatic carbocycles. The first-order valence-electron chi connectivity index (χ1n) is 9.60. The molecule has 1 fully saturated rings. The van der Waals surface area contributed by atoms with Crippen LogP contribution in [0.1, 0.15) is 9.68 Å². The maximum absolute atomic E-state index is 10.1. The SMILES string of the molecule is [2H]C([2H])([2H])Oc1cccc2[nH]cc(C/C(=N/O)O[C@@H]3O[C@H](CO)[C@@H](O)[C@H](O)[C@H]3O)c12. The number of hydrogen-bond acceptors (Lipinski definition) is 9. The molecule has 6 N–H and O–H groups in total. The number of aromatic amines is 1. The average molecular weight is 385 g/mol. The van der Waals surface area contributed by atoms with Crippen molar-refractivity contribution in [3.63, 3.8) is 0 Å². The largest absolute Gasteiger partial charge is 0.496 e. The fourth-order valence-electron chi connectivity index (χ4n) is 3.01. The number of benzene rings is 1. The van der Waals surface area contributed by atoms with Gasteiger partial charge in [0.2, 0.25) is 12.2 Å². The van der Waals surface area contributed by atoms with Crippen LogP contribution in [-0.2, 0) is 15.9 Å². The van der Waals surface area contributed by atoms with E-state index in [1.807, 2.05) is 0 Å². The van der Waals surface area contributed by atoms with Gasteiger partial charge >= 0.3 is 0 Å². The monoisotopic (exact) mass is 385 g/mol. The Hall–Kier alpha value is -2.37. The van der Waals surface area contributed by atoms with Gasteiger partial charge in [-0.15, -0.1) is 0 Å². The molecule has 5 atom stereocenters. The van der Waals surface area contributed by atoms with Gasteiger partial charge in [-0.2, -0.15) is 0 Å². The summed E-state index contributed by atoms with van der Waals surface area (Å²) in [4.78, 5) is 2.94. The molecule has 1 saturated heterocycles. The Labute approximate surface area is 158 Å². The lowest BCUT2D eigenvalue weighted by molar-refractivity contribution is -0.281. The Balaban J connectivity index is 1.82. The summed E-state index contributed by atoms with van der Waals surface area (Å²) in [6, 6.07) is 4.77. The minimum absolute atomic E-state index is 0.0777. The zero-order chi connectivity index (χ0) is 22.1. The third kappa shape index (κ3) is 3.70. The maximum atomic E-state index is 10.1. The smallest absolute Gasteiger partial charge is 0.232 e. The van der Waals surface area contributed by atoms with Crippen LogP contribution in [-0.4, -0.2) is 80.9 Å². The molecule has 0 aliphatic carbocycles. The summed E-state index contributed by atoms with van der Waals surface area (Å²) in [6.07, 6.45) is -6.25. The van der Waals surface area contributed by atoms with Gasteiger partial charge in [0.15, 0.2) is 0 Å². The van der Waals surface area contributed by atoms with Gasteiger partial charge in [-0.25, -0.2) is 0 Å². The number of H-pyrrole nitrogens is 1. The minimum Gasteiger partial charge on any atom is -0.496 e. The molecule has 3 rings (SSSR count). The Morgan fingerprint density at radius 2 is 2.11 bits per heavy atom. The molecule has 0 unspecified atom stereocenters. The Morgan fingerprint density at radius 3 is 2.81 bits per heavy atom. The lowest BCUT2D eigenvalue weighted by atomic mass is 9.99. The van der Waals surface area contributed by atoms with Crippen LogP contribution in [0.15, 0.2) is 29.6 Å². The van der Waals surface area contributed by atoms with E-state index < -0.39 is 44.4 Å². The Kier molecular flexibility index (Phi) is 4.70. The lowest BCUT2D eigenvalue weighted by Gasteiger charge is -2.39. The fourth-order valence-corrected chi connectivity index (χ4v) is 3.01. The van der Waals surface area contributed by atoms with Crippen molar-refractivity contribution in [3.8, 4) is 5.75 Å². The highest BCUT2D eigenvalue weighted by molar-refractivity contribution is 5.93. The van der Waals surface area contributed by atoms with E-state index in [1.165, 1.54) is 6.07 Å². The first kappa shape index (κ1) is 15.7. The van der Waals surface area contributed by atoms with Crippen molar-refractivity contribution in [2.75, 3.05) is 13.6 Å². The van der Waals surface area contributed by atoms with Crippen molar-refractivity contribution in [2.45, 2.75) is 37.1 Å². The number of fused-ring (bicyclic) bond motifs is 1. The molecule has 2 aromatic rings. The zero-order valence-corrected chi connectivity index (χ0v) is 14.0. The van der Waals surface area contributed by atoms with Crippen molar-refractivity contribution in [2.24, 2.45) is 5.16 Å². The number of aromatic nitrogens is 1. The summed E-state index contributed by atoms with van der Waals surface area (Å²) in [5.74, 6) is -0.252. The predicted octanol–water partition coefficient (Wildman–Crippen LogP) is -0.677. The van der Waals surface area contributed by atoms with Crippen LogP contribution in [0, 0.1) is 0 Å². The third-order valence-corrected chi connectivity index (χ3v) is 4.41. The van der Waals surface area contributed by atoms with Gasteiger partial charge in [0.25, 0.3) is 0 Å². The summed E-state index contributed by atoms with van der Waals surface area (Å²) in [5.41, 5.74) is 1.03. The van der Waals surface area contributed by atoms with Gasteiger partial charge in [-0.3, -0.25) is 0 Å². The highest BCUT2D eigenvalue weighted by Crippen LogP contribution is 2.29. The molecule has 10 nitrogen and oxygen atoms in total. The van der Waals surface area contributed by atoms with E-state index in [4.69, 9.17) is 18.3 Å². The number of aliphatic hydroxyl groups is 4. The number of hydrogen-bond donors (Lipinski definition) is 6. The van der Waals surface area contributed by atoms with E-state index in [2.05, 4.69) is 10.1 Å². The quantitative estimate of drug-likeness (QED) is 0.171. The number of aliphatic hydroxyl groups excluding tert-OH is 4. The zero-order valence-electron chi connectivity index (χ0n) is 17.0. The normalized spacial score (nSPS) is 31.2. The highest BCUT2D eigenvalue weighted by atomic mass is 16.7. The number of nitrogens with one attached hydrogen (secondary N) is 1. The second-order valence-electron chi connectivity index (χ2n) is 6.08. The molecule has 10 heteroatoms. The predicted molar refractivity (Wildman–Crippen MR) is 92.6 cm³/mol. The lowest BCUT2D eigenvalue weighted by Crippen LogP contribution is -2.59.